The molecular formula is C20H21FN2O3S2. The van der Waals surface area contributed by atoms with Gasteiger partial charge in [0.1, 0.15) is 5.82 Å². The molecule has 1 aromatic heterocycles. The van der Waals surface area contributed by atoms with Gasteiger partial charge in [0, 0.05) is 10.4 Å². The van der Waals surface area contributed by atoms with Gasteiger partial charge in [0.05, 0.1) is 16.3 Å². The smallest absolute Gasteiger partial charge is 0.266 e. The third kappa shape index (κ3) is 4.18. The molecule has 0 aliphatic heterocycles. The average molecular weight is 421 g/mol. The summed E-state index contributed by atoms with van der Waals surface area (Å²) in [6.45, 7) is 5.32. The summed E-state index contributed by atoms with van der Waals surface area (Å²) in [5, 5.41) is 3.56. The lowest BCUT2D eigenvalue weighted by Gasteiger charge is -2.14. The summed E-state index contributed by atoms with van der Waals surface area (Å²) in [4.78, 5) is 13.3. The Kier molecular flexibility index (Phi) is 5.71. The van der Waals surface area contributed by atoms with Crippen LogP contribution in [0.15, 0.2) is 36.4 Å². The van der Waals surface area contributed by atoms with Crippen LogP contribution < -0.4 is 10.0 Å². The van der Waals surface area contributed by atoms with Crippen LogP contribution in [-0.2, 0) is 10.0 Å². The Hall–Kier alpha value is -2.45. The van der Waals surface area contributed by atoms with Crippen molar-refractivity contribution in [1.29, 1.82) is 0 Å². The summed E-state index contributed by atoms with van der Waals surface area (Å²) in [6, 6.07) is 9.51. The van der Waals surface area contributed by atoms with E-state index >= 15 is 0 Å². The minimum absolute atomic E-state index is 0.0283. The topological polar surface area (TPSA) is 75.3 Å². The van der Waals surface area contributed by atoms with E-state index in [4.69, 9.17) is 0 Å². The van der Waals surface area contributed by atoms with Gasteiger partial charge < -0.3 is 5.32 Å². The van der Waals surface area contributed by atoms with Crippen molar-refractivity contribution in [2.75, 3.05) is 15.8 Å². The first-order valence-electron chi connectivity index (χ1n) is 8.82. The lowest BCUT2D eigenvalue weighted by molar-refractivity contribution is 0.103. The van der Waals surface area contributed by atoms with E-state index in [9.17, 15) is 17.6 Å². The number of carbonyl (C=O) groups excluding carboxylic acids is 1. The minimum atomic E-state index is -3.43. The number of nitrogens with one attached hydrogen (secondary N) is 2. The van der Waals surface area contributed by atoms with Gasteiger partial charge in [0.25, 0.3) is 5.91 Å². The highest BCUT2D eigenvalue weighted by atomic mass is 32.2. The number of halogens is 1. The van der Waals surface area contributed by atoms with Gasteiger partial charge in [-0.25, -0.2) is 12.8 Å². The highest BCUT2D eigenvalue weighted by Gasteiger charge is 2.18. The summed E-state index contributed by atoms with van der Waals surface area (Å²) in [5.41, 5.74) is 2.29. The molecule has 0 saturated heterocycles. The Bertz CT molecular complexity index is 1150. The van der Waals surface area contributed by atoms with Crippen molar-refractivity contribution in [3.63, 3.8) is 0 Å². The molecule has 2 N–H and O–H groups in total. The van der Waals surface area contributed by atoms with E-state index in [1.807, 2.05) is 0 Å². The maximum Gasteiger partial charge on any atom is 0.266 e. The van der Waals surface area contributed by atoms with Crippen molar-refractivity contribution in [3.8, 4) is 0 Å². The van der Waals surface area contributed by atoms with E-state index in [1.165, 1.54) is 23.5 Å². The zero-order valence-corrected chi connectivity index (χ0v) is 17.4. The van der Waals surface area contributed by atoms with E-state index in [1.54, 1.807) is 45.0 Å². The normalized spacial score (nSPS) is 11.6. The van der Waals surface area contributed by atoms with Crippen LogP contribution in [0.3, 0.4) is 0 Å². The molecule has 5 nitrogen and oxygen atoms in total. The number of fused-ring (bicyclic) bond motifs is 1. The molecule has 3 rings (SSSR count). The number of rotatable bonds is 6. The van der Waals surface area contributed by atoms with Crippen LogP contribution in [0, 0.1) is 19.7 Å². The number of amides is 1. The SMILES string of the molecule is CCCS(=O)(=O)Nc1cccc(NC(=O)c2sc3ccc(F)cc3c2C)c1C. The lowest BCUT2D eigenvalue weighted by atomic mass is 10.1. The molecule has 0 bridgehead atoms. The van der Waals surface area contributed by atoms with Crippen molar-refractivity contribution in [2.45, 2.75) is 27.2 Å². The fourth-order valence-electron chi connectivity index (χ4n) is 2.96. The summed E-state index contributed by atoms with van der Waals surface area (Å²) >= 11 is 1.30. The molecule has 0 aliphatic carbocycles. The minimum Gasteiger partial charge on any atom is -0.321 e. The second-order valence-electron chi connectivity index (χ2n) is 6.55. The van der Waals surface area contributed by atoms with E-state index in [2.05, 4.69) is 10.0 Å². The van der Waals surface area contributed by atoms with Gasteiger partial charge in [-0.05, 0) is 67.1 Å². The van der Waals surface area contributed by atoms with Gasteiger partial charge in [-0.2, -0.15) is 0 Å². The maximum absolute atomic E-state index is 13.5. The molecule has 0 aliphatic rings. The largest absolute Gasteiger partial charge is 0.321 e. The second-order valence-corrected chi connectivity index (χ2v) is 9.44. The van der Waals surface area contributed by atoms with E-state index in [0.29, 0.717) is 33.6 Å². The predicted molar refractivity (Wildman–Crippen MR) is 113 cm³/mol. The van der Waals surface area contributed by atoms with Gasteiger partial charge in [0.15, 0.2) is 0 Å². The van der Waals surface area contributed by atoms with Crippen LogP contribution in [0.2, 0.25) is 0 Å². The third-order valence-corrected chi connectivity index (χ3v) is 7.17. The second kappa shape index (κ2) is 7.89. The van der Waals surface area contributed by atoms with E-state index < -0.39 is 10.0 Å². The summed E-state index contributed by atoms with van der Waals surface area (Å²) < 4.78 is 41.0. The van der Waals surface area contributed by atoms with Crippen LogP contribution in [0.4, 0.5) is 15.8 Å². The van der Waals surface area contributed by atoms with Gasteiger partial charge in [-0.3, -0.25) is 9.52 Å². The number of benzene rings is 2. The fraction of sp³-hybridized carbons (Fsp3) is 0.250. The Morgan fingerprint density at radius 2 is 1.82 bits per heavy atom. The van der Waals surface area contributed by atoms with Crippen LogP contribution in [-0.4, -0.2) is 20.1 Å². The summed E-state index contributed by atoms with van der Waals surface area (Å²) in [6.07, 6.45) is 0.511. The summed E-state index contributed by atoms with van der Waals surface area (Å²) in [7, 11) is -3.43. The molecular weight excluding hydrogens is 399 g/mol. The van der Waals surface area contributed by atoms with E-state index in [-0.39, 0.29) is 17.5 Å². The zero-order valence-electron chi connectivity index (χ0n) is 15.8. The first-order valence-corrected chi connectivity index (χ1v) is 11.3. The van der Waals surface area contributed by atoms with E-state index in [0.717, 1.165) is 10.3 Å². The number of aryl methyl sites for hydroxylation is 1. The first-order chi connectivity index (χ1) is 13.2. The van der Waals surface area contributed by atoms with Crippen molar-refractivity contribution in [2.24, 2.45) is 0 Å². The molecule has 148 valence electrons. The molecule has 2 aromatic carbocycles. The third-order valence-electron chi connectivity index (χ3n) is 4.42. The van der Waals surface area contributed by atoms with Gasteiger partial charge >= 0.3 is 0 Å². The molecule has 1 amide bonds. The van der Waals surface area contributed by atoms with Crippen LogP contribution in [0.25, 0.3) is 10.1 Å². The lowest BCUT2D eigenvalue weighted by Crippen LogP contribution is -2.18. The first kappa shape index (κ1) is 20.3. The standard InChI is InChI=1S/C20H21FN2O3S2/c1-4-10-28(25,26)23-17-7-5-6-16(13(17)3)22-20(24)19-12(2)15-11-14(21)8-9-18(15)27-19/h5-9,11,23H,4,10H2,1-3H3,(H,22,24). The van der Waals surface area contributed by atoms with Gasteiger partial charge in [-0.1, -0.05) is 13.0 Å². The Morgan fingerprint density at radius 1 is 1.11 bits per heavy atom. The van der Waals surface area contributed by atoms with Crippen molar-refractivity contribution in [3.05, 3.63) is 58.2 Å². The van der Waals surface area contributed by atoms with Crippen molar-refractivity contribution in [1.82, 2.24) is 0 Å². The molecule has 0 unspecified atom stereocenters. The Balaban J connectivity index is 1.89. The number of hydrogen-bond acceptors (Lipinski definition) is 4. The zero-order chi connectivity index (χ0) is 20.5. The number of anilines is 2. The molecule has 0 spiro atoms. The number of hydrogen-bond donors (Lipinski definition) is 2. The van der Waals surface area contributed by atoms with Crippen molar-refractivity contribution >= 4 is 48.7 Å². The van der Waals surface area contributed by atoms with Crippen molar-refractivity contribution < 1.29 is 17.6 Å². The quantitative estimate of drug-likeness (QED) is 0.585. The monoisotopic (exact) mass is 420 g/mol. The number of sulfonamides is 1. The number of carbonyl (C=O) groups is 1. The summed E-state index contributed by atoms with van der Waals surface area (Å²) in [5.74, 6) is -0.625. The highest BCUT2D eigenvalue weighted by molar-refractivity contribution is 7.92. The van der Waals surface area contributed by atoms with Crippen LogP contribution >= 0.6 is 11.3 Å². The molecule has 0 fully saturated rings. The molecule has 0 radical (unpaired) electrons. The Morgan fingerprint density at radius 3 is 2.54 bits per heavy atom. The molecule has 8 heteroatoms. The predicted octanol–water partition coefficient (Wildman–Crippen LogP) is 5.06. The van der Waals surface area contributed by atoms with Gasteiger partial charge in [-0.15, -0.1) is 11.3 Å². The number of thiophene rings is 1. The highest BCUT2D eigenvalue weighted by Crippen LogP contribution is 2.32. The molecule has 0 atom stereocenters. The molecule has 28 heavy (non-hydrogen) atoms. The van der Waals surface area contributed by atoms with Crippen LogP contribution in [0.5, 0.6) is 0 Å². The van der Waals surface area contributed by atoms with Gasteiger partial charge in [0.2, 0.25) is 10.0 Å². The van der Waals surface area contributed by atoms with Crippen LogP contribution in [0.1, 0.15) is 34.1 Å². The fourth-order valence-corrected chi connectivity index (χ4v) is 5.24. The maximum atomic E-state index is 13.5. The molecule has 1 heterocycles. The molecule has 3 aromatic rings. The Labute approximate surface area is 167 Å². The molecule has 0 saturated carbocycles. The average Bonchev–Trinajstić information content (AvgIpc) is 2.94.